The van der Waals surface area contributed by atoms with E-state index in [1.54, 1.807) is 4.31 Å². The minimum Gasteiger partial charge on any atom is -0.361 e. The first-order chi connectivity index (χ1) is 9.01. The van der Waals surface area contributed by atoms with E-state index in [0.717, 1.165) is 36.3 Å². The van der Waals surface area contributed by atoms with Gasteiger partial charge in [0, 0.05) is 18.5 Å². The Morgan fingerprint density at radius 3 is 2.79 bits per heavy atom. The van der Waals surface area contributed by atoms with Crippen LogP contribution in [0.25, 0.3) is 0 Å². The van der Waals surface area contributed by atoms with Gasteiger partial charge in [0.15, 0.2) is 0 Å². The summed E-state index contributed by atoms with van der Waals surface area (Å²) in [5, 5.41) is 4.00. The average Bonchev–Trinajstić information content (AvgIpc) is 2.94. The zero-order valence-corrected chi connectivity index (χ0v) is 12.7. The molecular formula is C13H22N2O3S. The summed E-state index contributed by atoms with van der Waals surface area (Å²) >= 11 is 0. The summed E-state index contributed by atoms with van der Waals surface area (Å²) in [6.45, 7) is 6.40. The molecule has 0 spiro atoms. The molecular weight excluding hydrogens is 264 g/mol. The zero-order valence-electron chi connectivity index (χ0n) is 11.8. The molecule has 0 saturated carbocycles. The predicted octanol–water partition coefficient (Wildman–Crippen LogP) is 2.42. The van der Waals surface area contributed by atoms with Crippen molar-refractivity contribution >= 4 is 10.0 Å². The monoisotopic (exact) mass is 286 g/mol. The number of aryl methyl sites for hydroxylation is 2. The zero-order chi connectivity index (χ0) is 14.0. The van der Waals surface area contributed by atoms with Crippen LogP contribution in [0.1, 0.15) is 56.2 Å². The van der Waals surface area contributed by atoms with E-state index in [2.05, 4.69) is 5.16 Å². The van der Waals surface area contributed by atoms with Gasteiger partial charge in [-0.3, -0.25) is 0 Å². The molecule has 1 aromatic heterocycles. The second kappa shape index (κ2) is 5.63. The number of aromatic nitrogens is 1. The minimum absolute atomic E-state index is 0.0854. The van der Waals surface area contributed by atoms with Gasteiger partial charge < -0.3 is 4.52 Å². The highest BCUT2D eigenvalue weighted by molar-refractivity contribution is 7.89. The fourth-order valence-electron chi connectivity index (χ4n) is 2.84. The molecule has 2 rings (SSSR count). The van der Waals surface area contributed by atoms with Crippen LogP contribution in [0.4, 0.5) is 0 Å². The Labute approximate surface area is 115 Å². The summed E-state index contributed by atoms with van der Waals surface area (Å²) in [5.41, 5.74) is 1.81. The quantitative estimate of drug-likeness (QED) is 0.834. The standard InChI is InChI=1S/C13H22N2O3S/c1-4-9-19(16,17)15-8-6-7-11(15)13-10(3)14-18-12(13)5-2/h11H,4-9H2,1-3H3. The van der Waals surface area contributed by atoms with Crippen LogP contribution in [0, 0.1) is 6.92 Å². The van der Waals surface area contributed by atoms with E-state index in [1.807, 2.05) is 20.8 Å². The lowest BCUT2D eigenvalue weighted by Crippen LogP contribution is -2.33. The molecule has 0 radical (unpaired) electrons. The van der Waals surface area contributed by atoms with Crippen molar-refractivity contribution < 1.29 is 12.9 Å². The normalized spacial score (nSPS) is 21.1. The van der Waals surface area contributed by atoms with Gasteiger partial charge in [-0.2, -0.15) is 4.31 Å². The minimum atomic E-state index is -3.16. The van der Waals surface area contributed by atoms with Crippen molar-refractivity contribution in [2.45, 2.75) is 52.5 Å². The first-order valence-electron chi connectivity index (χ1n) is 6.95. The molecule has 1 atom stereocenters. The molecule has 108 valence electrons. The van der Waals surface area contributed by atoms with Crippen molar-refractivity contribution in [1.82, 2.24) is 9.46 Å². The van der Waals surface area contributed by atoms with Crippen LogP contribution in [-0.2, 0) is 16.4 Å². The molecule has 6 heteroatoms. The Kier molecular flexibility index (Phi) is 4.30. The van der Waals surface area contributed by atoms with Crippen molar-refractivity contribution in [1.29, 1.82) is 0 Å². The van der Waals surface area contributed by atoms with Crippen LogP contribution < -0.4 is 0 Å². The van der Waals surface area contributed by atoms with Crippen LogP contribution >= 0.6 is 0 Å². The van der Waals surface area contributed by atoms with Gasteiger partial charge in [-0.1, -0.05) is 19.0 Å². The molecule has 1 aromatic rings. The number of nitrogens with zero attached hydrogens (tertiary/aromatic N) is 2. The van der Waals surface area contributed by atoms with Crippen LogP contribution in [-0.4, -0.2) is 30.2 Å². The van der Waals surface area contributed by atoms with Gasteiger partial charge in [0.05, 0.1) is 17.5 Å². The van der Waals surface area contributed by atoms with Gasteiger partial charge in [0.2, 0.25) is 10.0 Å². The Morgan fingerprint density at radius 2 is 2.16 bits per heavy atom. The highest BCUT2D eigenvalue weighted by Gasteiger charge is 2.37. The Bertz CT molecular complexity index is 536. The van der Waals surface area contributed by atoms with E-state index in [9.17, 15) is 8.42 Å². The second-order valence-electron chi connectivity index (χ2n) is 5.04. The van der Waals surface area contributed by atoms with Crippen LogP contribution in [0.15, 0.2) is 4.52 Å². The summed E-state index contributed by atoms with van der Waals surface area (Å²) < 4.78 is 31.6. The van der Waals surface area contributed by atoms with E-state index in [4.69, 9.17) is 4.52 Å². The molecule has 1 fully saturated rings. The van der Waals surface area contributed by atoms with Gasteiger partial charge in [-0.05, 0) is 26.2 Å². The fraction of sp³-hybridized carbons (Fsp3) is 0.769. The van der Waals surface area contributed by atoms with Gasteiger partial charge in [0.25, 0.3) is 0 Å². The van der Waals surface area contributed by atoms with Gasteiger partial charge in [-0.25, -0.2) is 8.42 Å². The van der Waals surface area contributed by atoms with Crippen molar-refractivity contribution in [2.24, 2.45) is 0 Å². The van der Waals surface area contributed by atoms with Crippen molar-refractivity contribution in [2.75, 3.05) is 12.3 Å². The van der Waals surface area contributed by atoms with Gasteiger partial charge in [-0.15, -0.1) is 0 Å². The van der Waals surface area contributed by atoms with Crippen LogP contribution in [0.3, 0.4) is 0 Å². The molecule has 1 unspecified atom stereocenters. The van der Waals surface area contributed by atoms with E-state index >= 15 is 0 Å². The maximum Gasteiger partial charge on any atom is 0.214 e. The molecule has 0 amide bonds. The third-order valence-corrected chi connectivity index (χ3v) is 5.74. The largest absolute Gasteiger partial charge is 0.361 e. The summed E-state index contributed by atoms with van der Waals surface area (Å²) in [7, 11) is -3.16. The predicted molar refractivity (Wildman–Crippen MR) is 73.4 cm³/mol. The molecule has 1 aliphatic rings. The lowest BCUT2D eigenvalue weighted by Gasteiger charge is -2.24. The number of sulfonamides is 1. The molecule has 0 aromatic carbocycles. The fourth-order valence-corrected chi connectivity index (χ4v) is 4.60. The number of rotatable bonds is 5. The molecule has 0 bridgehead atoms. The topological polar surface area (TPSA) is 63.4 Å². The van der Waals surface area contributed by atoms with E-state index in [-0.39, 0.29) is 11.8 Å². The van der Waals surface area contributed by atoms with Crippen LogP contribution in [0.2, 0.25) is 0 Å². The molecule has 1 saturated heterocycles. The molecule has 19 heavy (non-hydrogen) atoms. The number of hydrogen-bond acceptors (Lipinski definition) is 4. The lowest BCUT2D eigenvalue weighted by atomic mass is 10.0. The first-order valence-corrected chi connectivity index (χ1v) is 8.56. The summed E-state index contributed by atoms with van der Waals surface area (Å²) in [6, 6.07) is -0.0854. The lowest BCUT2D eigenvalue weighted by molar-refractivity contribution is 0.368. The second-order valence-corrected chi connectivity index (χ2v) is 7.08. The molecule has 1 aliphatic heterocycles. The first kappa shape index (κ1) is 14.5. The maximum atomic E-state index is 12.3. The van der Waals surface area contributed by atoms with Crippen molar-refractivity contribution in [3.05, 3.63) is 17.0 Å². The van der Waals surface area contributed by atoms with E-state index < -0.39 is 10.0 Å². The third-order valence-electron chi connectivity index (χ3n) is 3.66. The van der Waals surface area contributed by atoms with Crippen molar-refractivity contribution in [3.8, 4) is 0 Å². The van der Waals surface area contributed by atoms with Crippen molar-refractivity contribution in [3.63, 3.8) is 0 Å². The highest BCUT2D eigenvalue weighted by atomic mass is 32.2. The Hall–Kier alpha value is -0.880. The van der Waals surface area contributed by atoms with E-state index in [1.165, 1.54) is 0 Å². The average molecular weight is 286 g/mol. The number of hydrogen-bond donors (Lipinski definition) is 0. The van der Waals surface area contributed by atoms with Gasteiger partial charge in [0.1, 0.15) is 5.76 Å². The Balaban J connectivity index is 2.36. The van der Waals surface area contributed by atoms with E-state index in [0.29, 0.717) is 13.0 Å². The molecule has 5 nitrogen and oxygen atoms in total. The Morgan fingerprint density at radius 1 is 1.42 bits per heavy atom. The summed E-state index contributed by atoms with van der Waals surface area (Å²) in [5.74, 6) is 1.04. The molecule has 0 N–H and O–H groups in total. The van der Waals surface area contributed by atoms with Crippen LogP contribution in [0.5, 0.6) is 0 Å². The molecule has 0 aliphatic carbocycles. The van der Waals surface area contributed by atoms with Gasteiger partial charge >= 0.3 is 0 Å². The molecule has 2 heterocycles. The third kappa shape index (κ3) is 2.69. The smallest absolute Gasteiger partial charge is 0.214 e. The SMILES string of the molecule is CCCS(=O)(=O)N1CCCC1c1c(C)noc1CC. The summed E-state index contributed by atoms with van der Waals surface area (Å²) in [4.78, 5) is 0. The summed E-state index contributed by atoms with van der Waals surface area (Å²) in [6.07, 6.45) is 3.16. The maximum absolute atomic E-state index is 12.3. The highest BCUT2D eigenvalue weighted by Crippen LogP contribution is 2.37.